The SMILES string of the molecule is COC(=O)N=CC(C(=O)N1CCCC1c1nc2ccc(-c3ccc(-c4ccc5nc(C6CCCN6C(=O)C(NC(=O)OC)C(C)C)[nH]c5c4)nn3)cc2[nH]1)C(C)C. The number of carbonyl (C=O) groups is 4. The Kier molecular flexibility index (Phi) is 11.3. The first-order valence-electron chi connectivity index (χ1n) is 19.4. The minimum absolute atomic E-state index is 0.0615. The molecule has 2 aliphatic rings. The summed E-state index contributed by atoms with van der Waals surface area (Å²) in [5.74, 6) is 0.406. The third kappa shape index (κ3) is 8.07. The Hall–Kier alpha value is -6.19. The lowest BCUT2D eigenvalue weighted by Crippen LogP contribution is -2.51. The zero-order valence-corrected chi connectivity index (χ0v) is 33.0. The highest BCUT2D eigenvalue weighted by Crippen LogP contribution is 2.36. The van der Waals surface area contributed by atoms with Crippen LogP contribution in [0.25, 0.3) is 44.6 Å². The molecular weight excluding hydrogens is 729 g/mol. The van der Waals surface area contributed by atoms with Crippen molar-refractivity contribution in [3.8, 4) is 22.5 Å². The largest absolute Gasteiger partial charge is 0.453 e. The van der Waals surface area contributed by atoms with Gasteiger partial charge in [-0.05, 0) is 73.9 Å². The van der Waals surface area contributed by atoms with Gasteiger partial charge < -0.3 is 34.6 Å². The Morgan fingerprint density at radius 3 is 1.74 bits per heavy atom. The van der Waals surface area contributed by atoms with Crippen LogP contribution in [0.3, 0.4) is 0 Å². The fourth-order valence-electron chi connectivity index (χ4n) is 7.75. The number of imidazole rings is 2. The number of rotatable bonds is 10. The maximum Gasteiger partial charge on any atom is 0.432 e. The molecule has 298 valence electrons. The van der Waals surface area contributed by atoms with Crippen molar-refractivity contribution in [3.05, 3.63) is 60.2 Å². The summed E-state index contributed by atoms with van der Waals surface area (Å²) >= 11 is 0. The molecule has 4 atom stereocenters. The number of nitrogens with one attached hydrogen (secondary N) is 3. The summed E-state index contributed by atoms with van der Waals surface area (Å²) in [5.41, 5.74) is 6.29. The summed E-state index contributed by atoms with van der Waals surface area (Å²) in [5, 5.41) is 11.8. The molecule has 0 aliphatic carbocycles. The smallest absolute Gasteiger partial charge is 0.432 e. The molecule has 5 heterocycles. The molecule has 2 saturated heterocycles. The van der Waals surface area contributed by atoms with Crippen molar-refractivity contribution >= 4 is 52.3 Å². The number of fused-ring (bicyclic) bond motifs is 2. The van der Waals surface area contributed by atoms with E-state index in [9.17, 15) is 19.2 Å². The van der Waals surface area contributed by atoms with Gasteiger partial charge in [-0.1, -0.05) is 39.8 Å². The van der Waals surface area contributed by atoms with E-state index in [2.05, 4.69) is 35.2 Å². The van der Waals surface area contributed by atoms with Crippen LogP contribution in [-0.4, -0.2) is 103 Å². The number of amides is 4. The lowest BCUT2D eigenvalue weighted by Gasteiger charge is -2.29. The third-order valence-corrected chi connectivity index (χ3v) is 10.9. The first-order valence-corrected chi connectivity index (χ1v) is 19.4. The molecule has 5 aromatic rings. The number of nitrogens with zero attached hydrogens (tertiary/aromatic N) is 7. The summed E-state index contributed by atoms with van der Waals surface area (Å²) in [4.78, 5) is 74.9. The van der Waals surface area contributed by atoms with Crippen molar-refractivity contribution in [2.45, 2.75) is 71.5 Å². The molecule has 0 radical (unpaired) electrons. The molecule has 16 heteroatoms. The van der Waals surface area contributed by atoms with Gasteiger partial charge >= 0.3 is 12.2 Å². The summed E-state index contributed by atoms with van der Waals surface area (Å²) in [6, 6.07) is 14.4. The molecular formula is C41H48N10O6. The standard InChI is InChI=1S/C41H48N10O6/c1-22(2)26(21-42-40(54)56-5)38(52)50-17-7-9-33(50)36-43-29-13-11-24(19-31(29)45-36)27-15-16-28(49-48-27)25-12-14-30-32(20-25)46-37(44-30)34-10-8-18-51(34)39(53)35(23(3)4)47-41(55)57-6/h11-16,19-23,26,33-35H,7-10,17-18H2,1-6H3,(H,43,45)(H,44,46)(H,47,55). The fraction of sp³-hybridized carbons (Fsp3) is 0.439. The van der Waals surface area contributed by atoms with Crippen LogP contribution in [0.1, 0.15) is 77.1 Å². The van der Waals surface area contributed by atoms with Crippen molar-refractivity contribution in [3.63, 3.8) is 0 Å². The van der Waals surface area contributed by atoms with E-state index >= 15 is 0 Å². The lowest BCUT2D eigenvalue weighted by atomic mass is 9.95. The van der Waals surface area contributed by atoms with Gasteiger partial charge in [0.15, 0.2) is 0 Å². The Balaban J connectivity index is 1.06. The lowest BCUT2D eigenvalue weighted by molar-refractivity contribution is -0.136. The summed E-state index contributed by atoms with van der Waals surface area (Å²) in [6.45, 7) is 8.81. The Bertz CT molecular complexity index is 2320. The van der Waals surface area contributed by atoms with E-state index in [1.165, 1.54) is 20.4 Å². The molecule has 2 aromatic carbocycles. The van der Waals surface area contributed by atoms with Gasteiger partial charge in [-0.15, -0.1) is 10.2 Å². The monoisotopic (exact) mass is 776 g/mol. The molecule has 3 aromatic heterocycles. The average Bonchev–Trinajstić information content (AvgIpc) is 4.04. The minimum atomic E-state index is -0.736. The molecule has 2 fully saturated rings. The number of carbonyl (C=O) groups excluding carboxylic acids is 4. The summed E-state index contributed by atoms with van der Waals surface area (Å²) < 4.78 is 9.39. The van der Waals surface area contributed by atoms with E-state index in [0.29, 0.717) is 36.1 Å². The Morgan fingerprint density at radius 1 is 0.754 bits per heavy atom. The van der Waals surface area contributed by atoms with Crippen molar-refractivity contribution < 1.29 is 28.7 Å². The average molecular weight is 777 g/mol. The number of H-pyrrole nitrogens is 2. The molecule has 2 aliphatic heterocycles. The highest BCUT2D eigenvalue weighted by Gasteiger charge is 2.38. The van der Waals surface area contributed by atoms with Gasteiger partial charge in [-0.2, -0.15) is 4.99 Å². The van der Waals surface area contributed by atoms with Crippen LogP contribution in [0.15, 0.2) is 53.5 Å². The van der Waals surface area contributed by atoms with Crippen molar-refractivity contribution in [1.82, 2.24) is 45.2 Å². The molecule has 0 bridgehead atoms. The number of methoxy groups -OCH3 is 2. The highest BCUT2D eigenvalue weighted by atomic mass is 16.5. The van der Waals surface area contributed by atoms with Crippen LogP contribution in [-0.2, 0) is 19.1 Å². The predicted octanol–water partition coefficient (Wildman–Crippen LogP) is 6.38. The van der Waals surface area contributed by atoms with Gasteiger partial charge in [0.1, 0.15) is 17.7 Å². The molecule has 0 spiro atoms. The van der Waals surface area contributed by atoms with Crippen LogP contribution >= 0.6 is 0 Å². The number of aliphatic imine (C=N–C) groups is 1. The van der Waals surface area contributed by atoms with Crippen molar-refractivity contribution in [1.29, 1.82) is 0 Å². The molecule has 57 heavy (non-hydrogen) atoms. The van der Waals surface area contributed by atoms with Crippen LogP contribution in [0.2, 0.25) is 0 Å². The second-order valence-corrected chi connectivity index (χ2v) is 15.3. The van der Waals surface area contributed by atoms with E-state index in [0.717, 1.165) is 58.9 Å². The fourth-order valence-corrected chi connectivity index (χ4v) is 7.75. The zero-order valence-electron chi connectivity index (χ0n) is 33.0. The Labute approximate surface area is 329 Å². The predicted molar refractivity (Wildman–Crippen MR) is 213 cm³/mol. The van der Waals surface area contributed by atoms with E-state index in [4.69, 9.17) is 14.7 Å². The number of alkyl carbamates (subject to hydrolysis) is 1. The maximum atomic E-state index is 13.7. The number of likely N-dealkylation sites (tertiary alicyclic amines) is 2. The zero-order chi connectivity index (χ0) is 40.4. The first kappa shape index (κ1) is 39.1. The van der Waals surface area contributed by atoms with Crippen LogP contribution in [0, 0.1) is 17.8 Å². The van der Waals surface area contributed by atoms with E-state index in [-0.39, 0.29) is 35.7 Å². The third-order valence-electron chi connectivity index (χ3n) is 10.9. The van der Waals surface area contributed by atoms with Gasteiger partial charge in [0.2, 0.25) is 11.8 Å². The summed E-state index contributed by atoms with van der Waals surface area (Å²) in [6.07, 6.45) is 3.21. The highest BCUT2D eigenvalue weighted by molar-refractivity contribution is 5.97. The van der Waals surface area contributed by atoms with Gasteiger partial charge in [0, 0.05) is 30.4 Å². The molecule has 4 amide bonds. The van der Waals surface area contributed by atoms with Crippen molar-refractivity contribution in [2.75, 3.05) is 27.3 Å². The van der Waals surface area contributed by atoms with Crippen LogP contribution < -0.4 is 5.32 Å². The normalized spacial score (nSPS) is 18.2. The molecule has 3 N–H and O–H groups in total. The van der Waals surface area contributed by atoms with Gasteiger partial charge in [-0.3, -0.25) is 9.59 Å². The molecule has 16 nitrogen and oxygen atoms in total. The number of ether oxygens (including phenoxy) is 2. The number of hydrogen-bond acceptors (Lipinski definition) is 10. The van der Waals surface area contributed by atoms with Crippen molar-refractivity contribution in [2.24, 2.45) is 22.7 Å². The quantitative estimate of drug-likeness (QED) is 0.134. The van der Waals surface area contributed by atoms with Crippen LogP contribution in [0.4, 0.5) is 9.59 Å². The molecule has 4 unspecified atom stereocenters. The van der Waals surface area contributed by atoms with Gasteiger partial charge in [0.25, 0.3) is 0 Å². The first-order chi connectivity index (χ1) is 27.4. The maximum absolute atomic E-state index is 13.7. The number of aromatic amines is 2. The van der Waals surface area contributed by atoms with E-state index in [1.807, 2.05) is 81.1 Å². The second-order valence-electron chi connectivity index (χ2n) is 15.3. The number of hydrogen-bond donors (Lipinski definition) is 3. The van der Waals surface area contributed by atoms with Gasteiger partial charge in [0.05, 0.1) is 65.7 Å². The second kappa shape index (κ2) is 16.5. The topological polar surface area (TPSA) is 201 Å². The molecule has 7 rings (SSSR count). The Morgan fingerprint density at radius 2 is 1.28 bits per heavy atom. The van der Waals surface area contributed by atoms with E-state index < -0.39 is 24.1 Å². The van der Waals surface area contributed by atoms with Crippen LogP contribution in [0.5, 0.6) is 0 Å². The van der Waals surface area contributed by atoms with E-state index in [1.54, 1.807) is 4.90 Å². The van der Waals surface area contributed by atoms with Gasteiger partial charge in [-0.25, -0.2) is 19.6 Å². The number of benzene rings is 2. The molecule has 0 saturated carbocycles. The number of aromatic nitrogens is 6. The summed E-state index contributed by atoms with van der Waals surface area (Å²) in [7, 11) is 2.54. The minimum Gasteiger partial charge on any atom is -0.453 e.